The van der Waals surface area contributed by atoms with Gasteiger partial charge in [-0.25, -0.2) is 4.79 Å². The second kappa shape index (κ2) is 9.56. The number of aliphatic hydroxyl groups is 1. The monoisotopic (exact) mass is 374 g/mol. The number of carbonyl (C=O) groups excluding carboxylic acids is 1. The molecule has 0 saturated heterocycles. The molecule has 5 nitrogen and oxygen atoms in total. The summed E-state index contributed by atoms with van der Waals surface area (Å²) in [7, 11) is 0. The van der Waals surface area contributed by atoms with Crippen LogP contribution in [0.1, 0.15) is 45.1 Å². The molecule has 3 N–H and O–H groups in total. The van der Waals surface area contributed by atoms with E-state index in [0.717, 1.165) is 17.4 Å². The number of nitrogens with one attached hydrogen (secondary N) is 2. The molecular weight excluding hydrogens is 340 g/mol. The van der Waals surface area contributed by atoms with Gasteiger partial charge in [0.15, 0.2) is 0 Å². The van der Waals surface area contributed by atoms with E-state index in [1.807, 2.05) is 44.2 Å². The zero-order chi connectivity index (χ0) is 19.2. The molecular formula is C22H34N2O3. The zero-order valence-electron chi connectivity index (χ0n) is 16.6. The number of ether oxygens (including phenoxy) is 1. The highest BCUT2D eigenvalue weighted by Crippen LogP contribution is 2.44. The van der Waals surface area contributed by atoms with E-state index < -0.39 is 18.3 Å². The van der Waals surface area contributed by atoms with E-state index in [9.17, 15) is 9.90 Å². The van der Waals surface area contributed by atoms with Gasteiger partial charge in [-0.1, -0.05) is 50.6 Å². The predicted molar refractivity (Wildman–Crippen MR) is 107 cm³/mol. The van der Waals surface area contributed by atoms with Gasteiger partial charge >= 0.3 is 6.09 Å². The fraction of sp³-hybridized carbons (Fsp3) is 0.682. The second-order valence-electron chi connectivity index (χ2n) is 8.67. The van der Waals surface area contributed by atoms with Crippen molar-refractivity contribution >= 4 is 6.09 Å². The largest absolute Gasteiger partial charge is 0.443 e. The fourth-order valence-corrected chi connectivity index (χ4v) is 4.47. The first-order valence-electron chi connectivity index (χ1n) is 10.4. The average Bonchev–Trinajstić information content (AvgIpc) is 3.28. The summed E-state index contributed by atoms with van der Waals surface area (Å²) in [5.74, 6) is 1.97. The molecule has 0 spiro atoms. The zero-order valence-corrected chi connectivity index (χ0v) is 16.6. The van der Waals surface area contributed by atoms with Crippen molar-refractivity contribution in [3.05, 3.63) is 35.9 Å². The predicted octanol–water partition coefficient (Wildman–Crippen LogP) is 3.12. The van der Waals surface area contributed by atoms with Crippen molar-refractivity contribution in [1.82, 2.24) is 10.6 Å². The number of rotatable bonds is 9. The molecule has 2 bridgehead atoms. The summed E-state index contributed by atoms with van der Waals surface area (Å²) >= 11 is 0. The quantitative estimate of drug-likeness (QED) is 0.621. The molecule has 5 heteroatoms. The van der Waals surface area contributed by atoms with Gasteiger partial charge in [0, 0.05) is 25.6 Å². The van der Waals surface area contributed by atoms with E-state index in [2.05, 4.69) is 10.6 Å². The SMILES string of the molecule is CC(C)CNC(=O)O[C@@H](Cc1ccccc1)[C@@H](O)CN[C@H]1CC2CCC1C2. The van der Waals surface area contributed by atoms with Crippen LogP contribution in [0.25, 0.3) is 0 Å². The number of alkyl carbamates (subject to hydrolysis) is 1. The maximum Gasteiger partial charge on any atom is 0.407 e. The van der Waals surface area contributed by atoms with Gasteiger partial charge in [0.05, 0.1) is 0 Å². The van der Waals surface area contributed by atoms with Crippen LogP contribution in [0.2, 0.25) is 0 Å². The summed E-state index contributed by atoms with van der Waals surface area (Å²) in [6.45, 7) is 5.10. The van der Waals surface area contributed by atoms with Gasteiger partial charge in [-0.05, 0) is 42.6 Å². The van der Waals surface area contributed by atoms with E-state index in [1.165, 1.54) is 25.7 Å². The van der Waals surface area contributed by atoms with Crippen molar-refractivity contribution in [2.75, 3.05) is 13.1 Å². The van der Waals surface area contributed by atoms with E-state index in [4.69, 9.17) is 4.74 Å². The van der Waals surface area contributed by atoms with Gasteiger partial charge in [-0.3, -0.25) is 0 Å². The Labute approximate surface area is 162 Å². The third-order valence-electron chi connectivity index (χ3n) is 5.95. The highest BCUT2D eigenvalue weighted by Gasteiger charge is 2.39. The van der Waals surface area contributed by atoms with Crippen LogP contribution in [-0.4, -0.2) is 42.5 Å². The van der Waals surface area contributed by atoms with Crippen LogP contribution >= 0.6 is 0 Å². The van der Waals surface area contributed by atoms with Crippen LogP contribution < -0.4 is 10.6 Å². The first kappa shape index (κ1) is 20.2. The number of carbonyl (C=O) groups is 1. The first-order chi connectivity index (χ1) is 13.0. The Bertz CT molecular complexity index is 592. The van der Waals surface area contributed by atoms with Crippen molar-refractivity contribution in [1.29, 1.82) is 0 Å². The van der Waals surface area contributed by atoms with Crippen molar-refractivity contribution < 1.29 is 14.6 Å². The van der Waals surface area contributed by atoms with Crippen LogP contribution in [0.15, 0.2) is 30.3 Å². The molecule has 0 radical (unpaired) electrons. The summed E-state index contributed by atoms with van der Waals surface area (Å²) in [6.07, 6.45) is 3.98. The fourth-order valence-electron chi connectivity index (χ4n) is 4.47. The normalized spacial score (nSPS) is 26.1. The lowest BCUT2D eigenvalue weighted by molar-refractivity contribution is 0.00163. The molecule has 1 amide bonds. The molecule has 0 heterocycles. The third kappa shape index (κ3) is 5.94. The Morgan fingerprint density at radius 2 is 1.96 bits per heavy atom. The number of hydrogen-bond acceptors (Lipinski definition) is 4. The average molecular weight is 375 g/mol. The smallest absolute Gasteiger partial charge is 0.407 e. The number of aliphatic hydroxyl groups excluding tert-OH is 1. The van der Waals surface area contributed by atoms with E-state index in [1.54, 1.807) is 0 Å². The molecule has 0 aliphatic heterocycles. The van der Waals surface area contributed by atoms with Crippen LogP contribution in [-0.2, 0) is 11.2 Å². The van der Waals surface area contributed by atoms with E-state index in [0.29, 0.717) is 31.5 Å². The highest BCUT2D eigenvalue weighted by molar-refractivity contribution is 5.67. The van der Waals surface area contributed by atoms with Crippen LogP contribution in [0, 0.1) is 17.8 Å². The molecule has 1 aromatic carbocycles. The third-order valence-corrected chi connectivity index (χ3v) is 5.95. The van der Waals surface area contributed by atoms with E-state index in [-0.39, 0.29) is 0 Å². The van der Waals surface area contributed by atoms with E-state index >= 15 is 0 Å². The molecule has 2 aliphatic rings. The molecule has 2 aliphatic carbocycles. The second-order valence-corrected chi connectivity index (χ2v) is 8.67. The van der Waals surface area contributed by atoms with Gasteiger partial charge in [-0.15, -0.1) is 0 Å². The van der Waals surface area contributed by atoms with Crippen molar-refractivity contribution in [2.45, 2.75) is 64.2 Å². The number of benzene rings is 1. The molecule has 2 fully saturated rings. The molecule has 0 aromatic heterocycles. The van der Waals surface area contributed by atoms with Crippen LogP contribution in [0.4, 0.5) is 4.79 Å². The van der Waals surface area contributed by atoms with Crippen molar-refractivity contribution in [3.8, 4) is 0 Å². The molecule has 1 aromatic rings. The standard InChI is InChI=1S/C22H34N2O3/c1-15(2)13-24-22(26)27-21(12-16-6-4-3-5-7-16)20(25)14-23-19-11-17-8-9-18(19)10-17/h3-7,15,17-21,23,25H,8-14H2,1-2H3,(H,24,26)/t17?,18?,19-,20-,21-/m0/s1. The van der Waals surface area contributed by atoms with Crippen molar-refractivity contribution in [2.24, 2.45) is 17.8 Å². The van der Waals surface area contributed by atoms with Gasteiger partial charge in [0.25, 0.3) is 0 Å². The summed E-state index contributed by atoms with van der Waals surface area (Å²) in [5, 5.41) is 17.1. The van der Waals surface area contributed by atoms with Gasteiger partial charge in [0.1, 0.15) is 12.2 Å². The maximum absolute atomic E-state index is 12.2. The molecule has 2 saturated carbocycles. The number of fused-ring (bicyclic) bond motifs is 2. The molecule has 150 valence electrons. The Hall–Kier alpha value is -1.59. The minimum Gasteiger partial charge on any atom is -0.443 e. The lowest BCUT2D eigenvalue weighted by Crippen LogP contribution is -2.46. The molecule has 3 rings (SSSR count). The maximum atomic E-state index is 12.2. The number of hydrogen-bond donors (Lipinski definition) is 3. The molecule has 5 atom stereocenters. The first-order valence-corrected chi connectivity index (χ1v) is 10.4. The van der Waals surface area contributed by atoms with Crippen LogP contribution in [0.3, 0.4) is 0 Å². The number of amides is 1. The minimum atomic E-state index is -0.728. The van der Waals surface area contributed by atoms with Crippen LogP contribution in [0.5, 0.6) is 0 Å². The molecule has 2 unspecified atom stereocenters. The van der Waals surface area contributed by atoms with Gasteiger partial charge < -0.3 is 20.5 Å². The topological polar surface area (TPSA) is 70.6 Å². The van der Waals surface area contributed by atoms with Gasteiger partial charge in [0.2, 0.25) is 0 Å². The Morgan fingerprint density at radius 3 is 2.59 bits per heavy atom. The van der Waals surface area contributed by atoms with Crippen molar-refractivity contribution in [3.63, 3.8) is 0 Å². The van der Waals surface area contributed by atoms with Gasteiger partial charge in [-0.2, -0.15) is 0 Å². The summed E-state index contributed by atoms with van der Waals surface area (Å²) in [6, 6.07) is 10.4. The minimum absolute atomic E-state index is 0.356. The Kier molecular flexibility index (Phi) is 7.13. The lowest BCUT2D eigenvalue weighted by atomic mass is 9.95. The Balaban J connectivity index is 1.54. The summed E-state index contributed by atoms with van der Waals surface area (Å²) < 4.78 is 5.60. The molecule has 27 heavy (non-hydrogen) atoms. The lowest BCUT2D eigenvalue weighted by Gasteiger charge is -2.28. The summed E-state index contributed by atoms with van der Waals surface area (Å²) in [5.41, 5.74) is 1.05. The summed E-state index contributed by atoms with van der Waals surface area (Å²) in [4.78, 5) is 12.2. The highest BCUT2D eigenvalue weighted by atomic mass is 16.6. The Morgan fingerprint density at radius 1 is 1.19 bits per heavy atom.